The highest BCUT2D eigenvalue weighted by Crippen LogP contribution is 2.29. The number of hydrogen-bond acceptors (Lipinski definition) is 2. The molecule has 0 aliphatic rings. The van der Waals surface area contributed by atoms with Crippen molar-refractivity contribution in [1.29, 1.82) is 0 Å². The average molecular weight is 324 g/mol. The summed E-state index contributed by atoms with van der Waals surface area (Å²) in [5.74, 6) is 0.888. The maximum Gasteiger partial charge on any atom is 0.123 e. The second kappa shape index (κ2) is 7.17. The lowest BCUT2D eigenvalue weighted by atomic mass is 10.0. The van der Waals surface area contributed by atoms with Gasteiger partial charge in [-0.25, -0.2) is 0 Å². The third kappa shape index (κ3) is 3.91. The van der Waals surface area contributed by atoms with Crippen LogP contribution in [0.4, 0.5) is 0 Å². The second-order valence-electron chi connectivity index (χ2n) is 5.03. The number of hydrogen-bond donors (Lipinski definition) is 1. The molecule has 112 valence electrons. The van der Waals surface area contributed by atoms with Crippen LogP contribution in [0.2, 0.25) is 10.0 Å². The zero-order chi connectivity index (χ0) is 15.4. The van der Waals surface area contributed by atoms with Gasteiger partial charge in [0.2, 0.25) is 0 Å². The fourth-order valence-corrected chi connectivity index (χ4v) is 2.67. The maximum absolute atomic E-state index is 6.08. The van der Waals surface area contributed by atoms with Crippen molar-refractivity contribution in [1.82, 2.24) is 5.32 Å². The molecule has 21 heavy (non-hydrogen) atoms. The molecule has 2 rings (SSSR count). The lowest BCUT2D eigenvalue weighted by Gasteiger charge is -2.22. The van der Waals surface area contributed by atoms with Gasteiger partial charge in [-0.1, -0.05) is 47.5 Å². The molecule has 0 spiro atoms. The number of rotatable bonds is 5. The zero-order valence-electron chi connectivity index (χ0n) is 12.4. The fraction of sp³-hybridized carbons (Fsp3) is 0.294. The molecule has 0 radical (unpaired) electrons. The van der Waals surface area contributed by atoms with Crippen LogP contribution in [0.3, 0.4) is 0 Å². The minimum Gasteiger partial charge on any atom is -0.496 e. The van der Waals surface area contributed by atoms with Crippen LogP contribution in [0.15, 0.2) is 42.5 Å². The van der Waals surface area contributed by atoms with Gasteiger partial charge in [0.05, 0.1) is 17.2 Å². The van der Waals surface area contributed by atoms with Crippen LogP contribution in [0.25, 0.3) is 0 Å². The van der Waals surface area contributed by atoms with E-state index in [9.17, 15) is 0 Å². The van der Waals surface area contributed by atoms with Gasteiger partial charge in [-0.15, -0.1) is 0 Å². The first-order valence-electron chi connectivity index (χ1n) is 6.87. The Labute approximate surface area is 136 Å². The molecule has 2 aromatic carbocycles. The molecule has 0 fully saturated rings. The lowest BCUT2D eigenvalue weighted by Crippen LogP contribution is -2.22. The Morgan fingerprint density at radius 3 is 2.33 bits per heavy atom. The molecular formula is C17H19Cl2NO. The van der Waals surface area contributed by atoms with Crippen LogP contribution >= 0.6 is 23.2 Å². The summed E-state index contributed by atoms with van der Waals surface area (Å²) in [5, 5.41) is 4.70. The largest absolute Gasteiger partial charge is 0.496 e. The zero-order valence-corrected chi connectivity index (χ0v) is 13.9. The summed E-state index contributed by atoms with van der Waals surface area (Å²) >= 11 is 12.0. The first-order valence-corrected chi connectivity index (χ1v) is 7.62. The van der Waals surface area contributed by atoms with Gasteiger partial charge >= 0.3 is 0 Å². The topological polar surface area (TPSA) is 21.3 Å². The van der Waals surface area contributed by atoms with Gasteiger partial charge in [0.25, 0.3) is 0 Å². The van der Waals surface area contributed by atoms with Gasteiger partial charge in [-0.05, 0) is 37.6 Å². The predicted octanol–water partition coefficient (Wildman–Crippen LogP) is 5.41. The summed E-state index contributed by atoms with van der Waals surface area (Å²) < 4.78 is 5.41. The van der Waals surface area contributed by atoms with Crippen molar-refractivity contribution < 1.29 is 4.74 Å². The van der Waals surface area contributed by atoms with E-state index >= 15 is 0 Å². The summed E-state index contributed by atoms with van der Waals surface area (Å²) in [6.45, 7) is 4.22. The summed E-state index contributed by atoms with van der Waals surface area (Å²) in [6, 6.07) is 14.0. The van der Waals surface area contributed by atoms with Crippen LogP contribution < -0.4 is 10.1 Å². The van der Waals surface area contributed by atoms with E-state index in [2.05, 4.69) is 25.2 Å². The van der Waals surface area contributed by atoms with Crippen LogP contribution in [-0.4, -0.2) is 7.11 Å². The molecule has 1 N–H and O–H groups in total. The average Bonchev–Trinajstić information content (AvgIpc) is 2.49. The molecule has 0 amide bonds. The smallest absolute Gasteiger partial charge is 0.123 e. The van der Waals surface area contributed by atoms with Gasteiger partial charge in [0.1, 0.15) is 5.75 Å². The SMILES string of the molecule is COc1ccccc1C(C)NC(C)c1ccc(Cl)c(Cl)c1. The summed E-state index contributed by atoms with van der Waals surface area (Å²) in [4.78, 5) is 0. The number of para-hydroxylation sites is 1. The number of halogens is 2. The first-order chi connectivity index (χ1) is 10.0. The van der Waals surface area contributed by atoms with Crippen molar-refractivity contribution in [2.24, 2.45) is 0 Å². The molecule has 0 saturated heterocycles. The van der Waals surface area contributed by atoms with E-state index in [1.807, 2.05) is 36.4 Å². The van der Waals surface area contributed by atoms with E-state index in [1.54, 1.807) is 7.11 Å². The molecule has 0 aliphatic heterocycles. The second-order valence-corrected chi connectivity index (χ2v) is 5.84. The standard InChI is InChI=1S/C17H19Cl2NO/c1-11(13-8-9-15(18)16(19)10-13)20-12(2)14-6-4-5-7-17(14)21-3/h4-12,20H,1-3H3. The molecule has 4 heteroatoms. The third-order valence-electron chi connectivity index (χ3n) is 3.55. The quantitative estimate of drug-likeness (QED) is 0.793. The molecule has 2 aromatic rings. The minimum absolute atomic E-state index is 0.152. The first kappa shape index (κ1) is 16.2. The Balaban J connectivity index is 2.14. The Kier molecular flexibility index (Phi) is 5.51. The third-order valence-corrected chi connectivity index (χ3v) is 4.29. The molecule has 2 atom stereocenters. The van der Waals surface area contributed by atoms with Gasteiger partial charge in [-0.3, -0.25) is 0 Å². The van der Waals surface area contributed by atoms with Gasteiger partial charge in [-0.2, -0.15) is 0 Å². The van der Waals surface area contributed by atoms with Gasteiger partial charge in [0.15, 0.2) is 0 Å². The highest BCUT2D eigenvalue weighted by Gasteiger charge is 2.15. The predicted molar refractivity (Wildman–Crippen MR) is 89.4 cm³/mol. The van der Waals surface area contributed by atoms with Gasteiger partial charge < -0.3 is 10.1 Å². The van der Waals surface area contributed by atoms with Crippen molar-refractivity contribution >= 4 is 23.2 Å². The molecule has 0 aromatic heterocycles. The Morgan fingerprint density at radius 2 is 1.67 bits per heavy atom. The summed E-state index contributed by atoms with van der Waals surface area (Å²) in [5.41, 5.74) is 2.23. The van der Waals surface area contributed by atoms with E-state index in [4.69, 9.17) is 27.9 Å². The fourth-order valence-electron chi connectivity index (χ4n) is 2.37. The lowest BCUT2D eigenvalue weighted by molar-refractivity contribution is 0.396. The van der Waals surface area contributed by atoms with Crippen molar-refractivity contribution in [3.8, 4) is 5.75 Å². The number of ether oxygens (including phenoxy) is 1. The highest BCUT2D eigenvalue weighted by atomic mass is 35.5. The van der Waals surface area contributed by atoms with Crippen LogP contribution in [0, 0.1) is 0 Å². The molecule has 2 unspecified atom stereocenters. The monoisotopic (exact) mass is 323 g/mol. The van der Waals surface area contributed by atoms with Crippen LogP contribution in [-0.2, 0) is 0 Å². The Morgan fingerprint density at radius 1 is 0.952 bits per heavy atom. The normalized spacial score (nSPS) is 13.8. The van der Waals surface area contributed by atoms with Crippen molar-refractivity contribution in [3.05, 3.63) is 63.6 Å². The Bertz CT molecular complexity index is 615. The van der Waals surface area contributed by atoms with Crippen LogP contribution in [0.1, 0.15) is 37.1 Å². The van der Waals surface area contributed by atoms with Crippen LogP contribution in [0.5, 0.6) is 5.75 Å². The molecule has 0 heterocycles. The number of nitrogens with one attached hydrogen (secondary N) is 1. The van der Waals surface area contributed by atoms with Crippen molar-refractivity contribution in [3.63, 3.8) is 0 Å². The summed E-state index contributed by atoms with van der Waals surface area (Å²) in [6.07, 6.45) is 0. The number of methoxy groups -OCH3 is 1. The minimum atomic E-state index is 0.152. The van der Waals surface area contributed by atoms with E-state index in [-0.39, 0.29) is 12.1 Å². The van der Waals surface area contributed by atoms with E-state index in [1.165, 1.54) is 0 Å². The Hall–Kier alpha value is -1.22. The number of benzene rings is 2. The summed E-state index contributed by atoms with van der Waals surface area (Å²) in [7, 11) is 1.69. The molecule has 0 bridgehead atoms. The molecule has 0 saturated carbocycles. The molecule has 0 aliphatic carbocycles. The molecular weight excluding hydrogens is 305 g/mol. The van der Waals surface area contributed by atoms with E-state index < -0.39 is 0 Å². The highest BCUT2D eigenvalue weighted by molar-refractivity contribution is 6.42. The van der Waals surface area contributed by atoms with E-state index in [0.29, 0.717) is 10.0 Å². The molecule has 2 nitrogen and oxygen atoms in total. The van der Waals surface area contributed by atoms with Crippen molar-refractivity contribution in [2.45, 2.75) is 25.9 Å². The van der Waals surface area contributed by atoms with Crippen molar-refractivity contribution in [2.75, 3.05) is 7.11 Å². The maximum atomic E-state index is 6.08. The van der Waals surface area contributed by atoms with Gasteiger partial charge in [0, 0.05) is 17.6 Å². The van der Waals surface area contributed by atoms with E-state index in [0.717, 1.165) is 16.9 Å².